The first-order valence-electron chi connectivity index (χ1n) is 8.51. The van der Waals surface area contributed by atoms with Crippen molar-refractivity contribution in [1.82, 2.24) is 0 Å². The minimum atomic E-state index is -0.828. The van der Waals surface area contributed by atoms with Crippen LogP contribution in [0.2, 0.25) is 0 Å². The molecule has 3 rings (SSSR count). The number of hydrogen-bond donors (Lipinski definition) is 2. The Balaban J connectivity index is 1.58. The number of hydrogen-bond acceptors (Lipinski definition) is 5. The van der Waals surface area contributed by atoms with Crippen LogP contribution in [0, 0.1) is 0 Å². The Hall–Kier alpha value is -1.47. The summed E-state index contributed by atoms with van der Waals surface area (Å²) in [5.74, 6) is -0.828. The molecule has 1 aromatic rings. The average Bonchev–Trinajstić information content (AvgIpc) is 2.74. The van der Waals surface area contributed by atoms with Gasteiger partial charge in [0.2, 0.25) is 0 Å². The molecule has 0 radical (unpaired) electrons. The van der Waals surface area contributed by atoms with E-state index in [1.807, 2.05) is 30.3 Å². The molecule has 5 atom stereocenters. The molecule has 6 heteroatoms. The highest BCUT2D eigenvalue weighted by Crippen LogP contribution is 2.33. The van der Waals surface area contributed by atoms with Crippen LogP contribution in [0.1, 0.15) is 44.0 Å². The molecule has 24 heavy (non-hydrogen) atoms. The monoisotopic (exact) mass is 336 g/mol. The van der Waals surface area contributed by atoms with Gasteiger partial charge < -0.3 is 24.4 Å². The third-order valence-electron chi connectivity index (χ3n) is 4.60. The summed E-state index contributed by atoms with van der Waals surface area (Å²) in [5.41, 5.74) is 0.971. The smallest absolute Gasteiger partial charge is 0.303 e. The number of fused-ring (bicyclic) bond motifs is 1. The van der Waals surface area contributed by atoms with Crippen LogP contribution in [0.3, 0.4) is 0 Å². The van der Waals surface area contributed by atoms with Gasteiger partial charge in [-0.25, -0.2) is 0 Å². The maximum absolute atomic E-state index is 10.6. The number of carboxylic acid groups (broad SMARTS) is 1. The number of aliphatic hydroxyl groups excluding tert-OH is 1. The fraction of sp³-hybridized carbons (Fsp3) is 0.611. The van der Waals surface area contributed by atoms with Crippen LogP contribution >= 0.6 is 0 Å². The van der Waals surface area contributed by atoms with E-state index in [-0.39, 0.29) is 24.7 Å². The fourth-order valence-corrected chi connectivity index (χ4v) is 3.29. The van der Waals surface area contributed by atoms with Gasteiger partial charge in [0.1, 0.15) is 6.10 Å². The molecule has 2 N–H and O–H groups in total. The molecule has 2 heterocycles. The minimum absolute atomic E-state index is 0.0871. The summed E-state index contributed by atoms with van der Waals surface area (Å²) in [4.78, 5) is 10.6. The predicted octanol–water partition coefficient (Wildman–Crippen LogP) is 2.26. The van der Waals surface area contributed by atoms with E-state index in [9.17, 15) is 9.90 Å². The lowest BCUT2D eigenvalue weighted by Crippen LogP contribution is -2.43. The van der Waals surface area contributed by atoms with Crippen LogP contribution < -0.4 is 0 Å². The molecule has 0 bridgehead atoms. The highest BCUT2D eigenvalue weighted by atomic mass is 16.7. The SMILES string of the molecule is O=C(O)CCC[C@@H]1O[C@@H]2CO[C@@H](c3ccccc3)O[C@H]2CC[C@H]1O. The zero-order valence-electron chi connectivity index (χ0n) is 13.5. The molecule has 0 spiro atoms. The lowest BCUT2D eigenvalue weighted by molar-refractivity contribution is -0.270. The van der Waals surface area contributed by atoms with Crippen LogP contribution in [0.15, 0.2) is 30.3 Å². The standard InChI is InChI=1S/C18H24O6/c19-13-9-10-15-16(23-14(13)7-4-8-17(20)21)11-22-18(24-15)12-5-2-1-3-6-12/h1-3,5-6,13-16,18-19H,4,7-11H2,(H,20,21)/t13-,14+,15+,16-,18-/m1/s1. The maximum Gasteiger partial charge on any atom is 0.303 e. The van der Waals surface area contributed by atoms with E-state index in [1.165, 1.54) is 0 Å². The molecule has 0 aromatic heterocycles. The van der Waals surface area contributed by atoms with E-state index in [4.69, 9.17) is 19.3 Å². The quantitative estimate of drug-likeness (QED) is 0.858. The van der Waals surface area contributed by atoms with Gasteiger partial charge in [0.15, 0.2) is 6.29 Å². The third-order valence-corrected chi connectivity index (χ3v) is 4.60. The molecule has 0 amide bonds. The van der Waals surface area contributed by atoms with Crippen molar-refractivity contribution in [2.75, 3.05) is 6.61 Å². The first-order valence-corrected chi connectivity index (χ1v) is 8.51. The molecule has 6 nitrogen and oxygen atoms in total. The molecule has 0 saturated carbocycles. The van der Waals surface area contributed by atoms with Crippen molar-refractivity contribution in [3.05, 3.63) is 35.9 Å². The normalized spacial score (nSPS) is 33.5. The molecule has 0 unspecified atom stereocenters. The van der Waals surface area contributed by atoms with Crippen molar-refractivity contribution in [2.24, 2.45) is 0 Å². The second-order valence-electron chi connectivity index (χ2n) is 6.39. The largest absolute Gasteiger partial charge is 0.481 e. The van der Waals surface area contributed by atoms with Crippen LogP contribution in [0.4, 0.5) is 0 Å². The zero-order valence-corrected chi connectivity index (χ0v) is 13.5. The number of benzene rings is 1. The van der Waals surface area contributed by atoms with E-state index < -0.39 is 18.4 Å². The molecule has 2 saturated heterocycles. The average molecular weight is 336 g/mol. The second kappa shape index (κ2) is 8.07. The van der Waals surface area contributed by atoms with Crippen LogP contribution in [0.25, 0.3) is 0 Å². The molecular formula is C18H24O6. The first-order chi connectivity index (χ1) is 11.6. The van der Waals surface area contributed by atoms with Gasteiger partial charge in [-0.1, -0.05) is 30.3 Å². The Labute approximate surface area is 141 Å². The minimum Gasteiger partial charge on any atom is -0.481 e. The van der Waals surface area contributed by atoms with E-state index >= 15 is 0 Å². The number of aliphatic carboxylic acids is 1. The maximum atomic E-state index is 10.6. The number of rotatable bonds is 5. The molecule has 0 aliphatic carbocycles. The summed E-state index contributed by atoms with van der Waals surface area (Å²) in [5, 5.41) is 19.0. The van der Waals surface area contributed by atoms with E-state index in [1.54, 1.807) is 0 Å². The molecule has 1 aromatic carbocycles. The number of carbonyl (C=O) groups is 1. The number of aliphatic hydroxyl groups is 1. The zero-order chi connectivity index (χ0) is 16.9. The molecule has 132 valence electrons. The summed E-state index contributed by atoms with van der Waals surface area (Å²) in [6, 6.07) is 9.76. The highest BCUT2D eigenvalue weighted by molar-refractivity contribution is 5.66. The first kappa shape index (κ1) is 17.4. The van der Waals surface area contributed by atoms with Gasteiger partial charge in [0.25, 0.3) is 0 Å². The fourth-order valence-electron chi connectivity index (χ4n) is 3.29. The summed E-state index contributed by atoms with van der Waals surface area (Å²) in [6.07, 6.45) is 0.680. The van der Waals surface area contributed by atoms with Crippen molar-refractivity contribution in [3.8, 4) is 0 Å². The molecular weight excluding hydrogens is 312 g/mol. The van der Waals surface area contributed by atoms with Crippen molar-refractivity contribution < 1.29 is 29.2 Å². The van der Waals surface area contributed by atoms with Gasteiger partial charge in [-0.3, -0.25) is 4.79 Å². The Morgan fingerprint density at radius 1 is 1.12 bits per heavy atom. The van der Waals surface area contributed by atoms with Gasteiger partial charge >= 0.3 is 5.97 Å². The number of ether oxygens (including phenoxy) is 3. The lowest BCUT2D eigenvalue weighted by atomic mass is 10.0. The third kappa shape index (κ3) is 4.33. The Bertz CT molecular complexity index is 534. The van der Waals surface area contributed by atoms with Gasteiger partial charge in [-0.05, 0) is 25.7 Å². The van der Waals surface area contributed by atoms with Crippen molar-refractivity contribution in [1.29, 1.82) is 0 Å². The van der Waals surface area contributed by atoms with Crippen molar-refractivity contribution >= 4 is 5.97 Å². The van der Waals surface area contributed by atoms with Crippen LogP contribution in [-0.2, 0) is 19.0 Å². The van der Waals surface area contributed by atoms with Crippen molar-refractivity contribution in [3.63, 3.8) is 0 Å². The van der Waals surface area contributed by atoms with Crippen LogP contribution in [-0.4, -0.2) is 47.2 Å². The second-order valence-corrected chi connectivity index (χ2v) is 6.39. The van der Waals surface area contributed by atoms with Gasteiger partial charge in [-0.2, -0.15) is 0 Å². The topological polar surface area (TPSA) is 85.2 Å². The summed E-state index contributed by atoms with van der Waals surface area (Å²) in [7, 11) is 0. The van der Waals surface area contributed by atoms with Crippen molar-refractivity contribution in [2.45, 2.75) is 62.8 Å². The van der Waals surface area contributed by atoms with Gasteiger partial charge in [-0.15, -0.1) is 0 Å². The Morgan fingerprint density at radius 2 is 1.92 bits per heavy atom. The van der Waals surface area contributed by atoms with E-state index in [0.29, 0.717) is 32.3 Å². The summed E-state index contributed by atoms with van der Waals surface area (Å²) < 4.78 is 17.8. The highest BCUT2D eigenvalue weighted by Gasteiger charge is 2.39. The number of carboxylic acids is 1. The summed E-state index contributed by atoms with van der Waals surface area (Å²) >= 11 is 0. The van der Waals surface area contributed by atoms with Gasteiger partial charge in [0.05, 0.1) is 24.9 Å². The molecule has 2 aliphatic rings. The molecule has 2 fully saturated rings. The predicted molar refractivity (Wildman–Crippen MR) is 85.4 cm³/mol. The lowest BCUT2D eigenvalue weighted by Gasteiger charge is -2.36. The van der Waals surface area contributed by atoms with Gasteiger partial charge in [0, 0.05) is 12.0 Å². The van der Waals surface area contributed by atoms with E-state index in [2.05, 4.69) is 0 Å². The Kier molecular flexibility index (Phi) is 5.84. The van der Waals surface area contributed by atoms with Crippen LogP contribution in [0.5, 0.6) is 0 Å². The van der Waals surface area contributed by atoms with E-state index in [0.717, 1.165) is 5.56 Å². The Morgan fingerprint density at radius 3 is 2.67 bits per heavy atom. The summed E-state index contributed by atoms with van der Waals surface area (Å²) in [6.45, 7) is 0.409. The molecule has 2 aliphatic heterocycles.